The SMILES string of the molecule is C=C/C=C(\C=C)CCCCCCCC.CC.CCC. The molecule has 19 heavy (non-hydrogen) atoms. The first kappa shape index (κ1) is 23.3. The lowest BCUT2D eigenvalue weighted by Gasteiger charge is -2.01. The van der Waals surface area contributed by atoms with E-state index < -0.39 is 0 Å². The van der Waals surface area contributed by atoms with Gasteiger partial charge in [-0.15, -0.1) is 0 Å². The number of allylic oxidation sites excluding steroid dienone is 4. The molecule has 0 saturated heterocycles. The van der Waals surface area contributed by atoms with Gasteiger partial charge in [0.2, 0.25) is 0 Å². The zero-order valence-corrected chi connectivity index (χ0v) is 14.3. The van der Waals surface area contributed by atoms with Crippen molar-refractivity contribution in [3.8, 4) is 0 Å². The highest BCUT2D eigenvalue weighted by Crippen LogP contribution is 2.12. The minimum absolute atomic E-state index is 1.15. The van der Waals surface area contributed by atoms with E-state index in [2.05, 4.69) is 40.0 Å². The summed E-state index contributed by atoms with van der Waals surface area (Å²) < 4.78 is 0. The van der Waals surface area contributed by atoms with E-state index in [1.165, 1.54) is 50.5 Å². The maximum atomic E-state index is 3.79. The predicted octanol–water partition coefficient (Wildman–Crippen LogP) is 7.48. The zero-order chi connectivity index (χ0) is 15.4. The average molecular weight is 267 g/mol. The third-order valence-corrected chi connectivity index (χ3v) is 2.41. The monoisotopic (exact) mass is 266 g/mol. The Morgan fingerprint density at radius 3 is 1.74 bits per heavy atom. The summed E-state index contributed by atoms with van der Waals surface area (Å²) >= 11 is 0. The fraction of sp³-hybridized carbons (Fsp3) is 0.684. The van der Waals surface area contributed by atoms with Crippen LogP contribution in [0.2, 0.25) is 0 Å². The van der Waals surface area contributed by atoms with E-state index in [0.29, 0.717) is 0 Å². The van der Waals surface area contributed by atoms with Gasteiger partial charge in [0.15, 0.2) is 0 Å². The molecule has 0 N–H and O–H groups in total. The molecule has 0 aliphatic carbocycles. The molecule has 0 bridgehead atoms. The van der Waals surface area contributed by atoms with E-state index in [4.69, 9.17) is 0 Å². The van der Waals surface area contributed by atoms with Crippen LogP contribution in [0, 0.1) is 0 Å². The van der Waals surface area contributed by atoms with E-state index in [1.54, 1.807) is 0 Å². The van der Waals surface area contributed by atoms with Crippen molar-refractivity contribution < 1.29 is 0 Å². The van der Waals surface area contributed by atoms with Crippen molar-refractivity contribution in [2.45, 2.75) is 86.0 Å². The van der Waals surface area contributed by atoms with Gasteiger partial charge in [-0.05, 0) is 18.4 Å². The van der Waals surface area contributed by atoms with Crippen molar-refractivity contribution >= 4 is 0 Å². The quantitative estimate of drug-likeness (QED) is 0.300. The summed E-state index contributed by atoms with van der Waals surface area (Å²) in [5, 5.41) is 0. The maximum Gasteiger partial charge on any atom is -0.0279 e. The van der Waals surface area contributed by atoms with E-state index in [-0.39, 0.29) is 0 Å². The molecule has 0 aliphatic rings. The zero-order valence-electron chi connectivity index (χ0n) is 14.3. The second-order valence-electron chi connectivity index (χ2n) is 4.41. The summed E-state index contributed by atoms with van der Waals surface area (Å²) in [6.07, 6.45) is 16.4. The minimum atomic E-state index is 1.15. The summed E-state index contributed by atoms with van der Waals surface area (Å²) in [4.78, 5) is 0. The predicted molar refractivity (Wildman–Crippen MR) is 93.8 cm³/mol. The Balaban J connectivity index is -0.000000445. The van der Waals surface area contributed by atoms with Gasteiger partial charge >= 0.3 is 0 Å². The lowest BCUT2D eigenvalue weighted by molar-refractivity contribution is 0.608. The van der Waals surface area contributed by atoms with Crippen LogP contribution in [0.4, 0.5) is 0 Å². The molecule has 0 aromatic carbocycles. The standard InChI is InChI=1S/C14H24.C3H8.C2H6/c1-4-7-8-9-10-11-13-14(6-3)12-5-2;1-3-2;1-2/h5-6,12H,2-4,7-11,13H2,1H3;3H2,1-2H3;1-2H3/b14-12+;;. The van der Waals surface area contributed by atoms with Crippen molar-refractivity contribution in [1.82, 2.24) is 0 Å². The fourth-order valence-corrected chi connectivity index (χ4v) is 1.51. The van der Waals surface area contributed by atoms with Crippen molar-refractivity contribution in [2.75, 3.05) is 0 Å². The second-order valence-corrected chi connectivity index (χ2v) is 4.41. The molecule has 114 valence electrons. The van der Waals surface area contributed by atoms with Gasteiger partial charge in [-0.1, -0.05) is 105 Å². The molecule has 0 spiro atoms. The normalized spacial score (nSPS) is 9.63. The Morgan fingerprint density at radius 2 is 1.32 bits per heavy atom. The van der Waals surface area contributed by atoms with E-state index in [1.807, 2.05) is 26.0 Å². The smallest absolute Gasteiger partial charge is 0.0279 e. The van der Waals surface area contributed by atoms with Gasteiger partial charge in [0.1, 0.15) is 0 Å². The van der Waals surface area contributed by atoms with Gasteiger partial charge < -0.3 is 0 Å². The van der Waals surface area contributed by atoms with Gasteiger partial charge in [-0.2, -0.15) is 0 Å². The van der Waals surface area contributed by atoms with Crippen molar-refractivity contribution in [3.63, 3.8) is 0 Å². The van der Waals surface area contributed by atoms with Crippen LogP contribution >= 0.6 is 0 Å². The molecule has 0 nitrogen and oxygen atoms in total. The molecule has 0 amide bonds. The highest BCUT2D eigenvalue weighted by Gasteiger charge is 1.92. The Bertz CT molecular complexity index is 186. The van der Waals surface area contributed by atoms with Crippen LogP contribution in [-0.2, 0) is 0 Å². The number of unbranched alkanes of at least 4 members (excludes halogenated alkanes) is 5. The van der Waals surface area contributed by atoms with Crippen LogP contribution in [-0.4, -0.2) is 0 Å². The average Bonchev–Trinajstić information content (AvgIpc) is 2.44. The first-order valence-electron chi connectivity index (χ1n) is 8.20. The lowest BCUT2D eigenvalue weighted by atomic mass is 10.0. The number of hydrogen-bond acceptors (Lipinski definition) is 0. The Labute approximate surface area is 123 Å². The summed E-state index contributed by atoms with van der Waals surface area (Å²) in [5.74, 6) is 0. The molecule has 0 rings (SSSR count). The van der Waals surface area contributed by atoms with Crippen LogP contribution < -0.4 is 0 Å². The second kappa shape index (κ2) is 25.9. The first-order valence-corrected chi connectivity index (χ1v) is 8.20. The topological polar surface area (TPSA) is 0 Å². The first-order chi connectivity index (χ1) is 9.26. The van der Waals surface area contributed by atoms with Crippen LogP contribution in [0.15, 0.2) is 37.0 Å². The lowest BCUT2D eigenvalue weighted by Crippen LogP contribution is -1.81. The molecule has 0 aliphatic heterocycles. The van der Waals surface area contributed by atoms with E-state index in [9.17, 15) is 0 Å². The highest BCUT2D eigenvalue weighted by atomic mass is 14.0. The molecule has 0 aromatic rings. The molecule has 0 aromatic heterocycles. The Kier molecular flexibility index (Phi) is 31.8. The van der Waals surface area contributed by atoms with Gasteiger partial charge in [0, 0.05) is 0 Å². The number of hydrogen-bond donors (Lipinski definition) is 0. The third kappa shape index (κ3) is 26.7. The minimum Gasteiger partial charge on any atom is -0.0991 e. The molecule has 0 heteroatoms. The van der Waals surface area contributed by atoms with Crippen LogP contribution in [0.1, 0.15) is 86.0 Å². The molecule has 0 atom stereocenters. The molecule has 0 radical (unpaired) electrons. The van der Waals surface area contributed by atoms with Gasteiger partial charge in [0.05, 0.1) is 0 Å². The summed E-state index contributed by atoms with van der Waals surface area (Å²) in [5.41, 5.74) is 1.32. The van der Waals surface area contributed by atoms with E-state index >= 15 is 0 Å². The van der Waals surface area contributed by atoms with Crippen molar-refractivity contribution in [1.29, 1.82) is 0 Å². The largest absolute Gasteiger partial charge is 0.0991 e. The number of rotatable bonds is 9. The van der Waals surface area contributed by atoms with Crippen LogP contribution in [0.5, 0.6) is 0 Å². The fourth-order valence-electron chi connectivity index (χ4n) is 1.51. The molecular formula is C19H38. The Morgan fingerprint density at radius 1 is 0.842 bits per heavy atom. The summed E-state index contributed by atoms with van der Waals surface area (Å²) in [6.45, 7) is 18.0. The van der Waals surface area contributed by atoms with Gasteiger partial charge in [-0.3, -0.25) is 0 Å². The summed E-state index contributed by atoms with van der Waals surface area (Å²) in [7, 11) is 0. The molecule has 0 fully saturated rings. The van der Waals surface area contributed by atoms with E-state index in [0.717, 1.165) is 6.42 Å². The molecule has 0 heterocycles. The molecule has 0 unspecified atom stereocenters. The third-order valence-electron chi connectivity index (χ3n) is 2.41. The van der Waals surface area contributed by atoms with Crippen molar-refractivity contribution in [2.24, 2.45) is 0 Å². The Hall–Kier alpha value is -0.780. The van der Waals surface area contributed by atoms with Crippen LogP contribution in [0.3, 0.4) is 0 Å². The highest BCUT2D eigenvalue weighted by molar-refractivity contribution is 5.20. The maximum absolute atomic E-state index is 3.79. The molecule has 0 saturated carbocycles. The van der Waals surface area contributed by atoms with Gasteiger partial charge in [-0.25, -0.2) is 0 Å². The summed E-state index contributed by atoms with van der Waals surface area (Å²) in [6, 6.07) is 0. The van der Waals surface area contributed by atoms with Gasteiger partial charge in [0.25, 0.3) is 0 Å². The van der Waals surface area contributed by atoms with Crippen molar-refractivity contribution in [3.05, 3.63) is 37.0 Å². The van der Waals surface area contributed by atoms with Crippen LogP contribution in [0.25, 0.3) is 0 Å². The molecular weight excluding hydrogens is 228 g/mol.